The summed E-state index contributed by atoms with van der Waals surface area (Å²) in [6.45, 7) is 4.95. The van der Waals surface area contributed by atoms with E-state index in [1.54, 1.807) is 19.2 Å². The minimum Gasteiger partial charge on any atom is -0.493 e. The van der Waals surface area contributed by atoms with Crippen molar-refractivity contribution in [3.63, 3.8) is 0 Å². The lowest BCUT2D eigenvalue weighted by Crippen LogP contribution is -2.33. The molecule has 0 aliphatic carbocycles. The normalized spacial score (nSPS) is 15.0. The summed E-state index contributed by atoms with van der Waals surface area (Å²) in [5.74, 6) is 2.59. The van der Waals surface area contributed by atoms with E-state index in [0.29, 0.717) is 30.2 Å². The Morgan fingerprint density at radius 2 is 1.77 bits per heavy atom. The highest BCUT2D eigenvalue weighted by atomic mass is 16.6. The molecule has 0 unspecified atom stereocenters. The number of methoxy groups -OCH3 is 1. The first-order valence-corrected chi connectivity index (χ1v) is 9.91. The second-order valence-corrected chi connectivity index (χ2v) is 7.26. The number of fused-ring (bicyclic) bond motifs is 1. The number of ketones is 1. The molecule has 1 aliphatic heterocycles. The molecule has 6 heteroatoms. The third-order valence-electron chi connectivity index (χ3n) is 5.26. The van der Waals surface area contributed by atoms with Crippen molar-refractivity contribution in [1.29, 1.82) is 0 Å². The van der Waals surface area contributed by atoms with E-state index in [1.165, 1.54) is 0 Å². The van der Waals surface area contributed by atoms with Gasteiger partial charge in [-0.1, -0.05) is 24.3 Å². The zero-order valence-corrected chi connectivity index (χ0v) is 17.4. The molecule has 1 aliphatic rings. The molecule has 2 heterocycles. The number of carbonyl (C=O) groups excluding carboxylic acids is 1. The molecule has 2 aromatic carbocycles. The van der Waals surface area contributed by atoms with Crippen LogP contribution in [0.5, 0.6) is 23.0 Å². The Balaban J connectivity index is 1.45. The first kappa shape index (κ1) is 19.9. The molecule has 6 nitrogen and oxygen atoms in total. The van der Waals surface area contributed by atoms with Crippen molar-refractivity contribution in [2.45, 2.75) is 26.5 Å². The maximum Gasteiger partial charge on any atom is 0.202 e. The Morgan fingerprint density at radius 1 is 1.07 bits per heavy atom. The van der Waals surface area contributed by atoms with Crippen molar-refractivity contribution in [2.75, 3.05) is 20.3 Å². The SMILES string of the molecule is COc1ccccc1OCC(=O)c1cc(C)n(C[C@H]2COc3ccccc3O2)c1C. The van der Waals surface area contributed by atoms with E-state index in [-0.39, 0.29) is 18.5 Å². The van der Waals surface area contributed by atoms with Gasteiger partial charge in [0.1, 0.15) is 6.61 Å². The van der Waals surface area contributed by atoms with Gasteiger partial charge in [0.2, 0.25) is 5.78 Å². The lowest BCUT2D eigenvalue weighted by Gasteiger charge is -2.27. The van der Waals surface area contributed by atoms with Crippen LogP contribution >= 0.6 is 0 Å². The number of Topliss-reactive ketones (excluding diaryl/α,β-unsaturated/α-hetero) is 1. The lowest BCUT2D eigenvalue weighted by molar-refractivity contribution is 0.0777. The number of nitrogens with zero attached hydrogens (tertiary/aromatic N) is 1. The average molecular weight is 407 g/mol. The molecule has 0 amide bonds. The van der Waals surface area contributed by atoms with Gasteiger partial charge in [0.05, 0.1) is 13.7 Å². The Kier molecular flexibility index (Phi) is 5.65. The first-order valence-electron chi connectivity index (χ1n) is 9.91. The van der Waals surface area contributed by atoms with E-state index in [2.05, 4.69) is 4.57 Å². The number of ether oxygens (including phenoxy) is 4. The van der Waals surface area contributed by atoms with Gasteiger partial charge < -0.3 is 23.5 Å². The van der Waals surface area contributed by atoms with Gasteiger partial charge in [-0.15, -0.1) is 0 Å². The summed E-state index contributed by atoms with van der Waals surface area (Å²) in [5.41, 5.74) is 2.54. The number of benzene rings is 2. The third-order valence-corrected chi connectivity index (χ3v) is 5.26. The highest BCUT2D eigenvalue weighted by Crippen LogP contribution is 2.32. The number of carbonyl (C=O) groups is 1. The number of aromatic nitrogens is 1. The molecule has 1 atom stereocenters. The van der Waals surface area contributed by atoms with Crippen molar-refractivity contribution in [1.82, 2.24) is 4.57 Å². The molecular weight excluding hydrogens is 382 g/mol. The summed E-state index contributed by atoms with van der Waals surface area (Å²) in [6, 6.07) is 16.8. The number of hydrogen-bond donors (Lipinski definition) is 0. The molecule has 0 spiro atoms. The predicted molar refractivity (Wildman–Crippen MR) is 113 cm³/mol. The number of rotatable bonds is 7. The third kappa shape index (κ3) is 3.99. The number of para-hydroxylation sites is 4. The van der Waals surface area contributed by atoms with Gasteiger partial charge in [-0.25, -0.2) is 0 Å². The zero-order chi connectivity index (χ0) is 21.1. The minimum absolute atomic E-state index is 0.0545. The standard InChI is InChI=1S/C24H25NO5/c1-16-12-19(20(26)15-29-22-9-5-4-8-21(22)27-3)17(2)25(16)13-18-14-28-23-10-6-7-11-24(23)30-18/h4-12,18H,13-15H2,1-3H3/t18-/m0/s1. The van der Waals surface area contributed by atoms with Crippen LogP contribution in [0, 0.1) is 13.8 Å². The van der Waals surface area contributed by atoms with Gasteiger partial charge in [0, 0.05) is 17.0 Å². The van der Waals surface area contributed by atoms with Crippen LogP contribution in [0.1, 0.15) is 21.7 Å². The molecule has 0 bridgehead atoms. The van der Waals surface area contributed by atoms with E-state index in [9.17, 15) is 4.79 Å². The number of aryl methyl sites for hydroxylation is 1. The molecule has 0 saturated heterocycles. The van der Waals surface area contributed by atoms with Gasteiger partial charge in [-0.05, 0) is 44.2 Å². The van der Waals surface area contributed by atoms with Gasteiger partial charge in [0.15, 0.2) is 35.7 Å². The van der Waals surface area contributed by atoms with E-state index in [0.717, 1.165) is 22.9 Å². The molecule has 0 N–H and O–H groups in total. The van der Waals surface area contributed by atoms with E-state index in [4.69, 9.17) is 18.9 Å². The van der Waals surface area contributed by atoms with Crippen LogP contribution in [-0.4, -0.2) is 36.8 Å². The Labute approximate surface area is 175 Å². The maximum absolute atomic E-state index is 12.8. The molecule has 30 heavy (non-hydrogen) atoms. The first-order chi connectivity index (χ1) is 14.6. The summed E-state index contributed by atoms with van der Waals surface area (Å²) < 4.78 is 25.0. The zero-order valence-electron chi connectivity index (χ0n) is 17.4. The maximum atomic E-state index is 12.8. The van der Waals surface area contributed by atoms with Gasteiger partial charge in [-0.2, -0.15) is 0 Å². The van der Waals surface area contributed by atoms with Crippen molar-refractivity contribution in [2.24, 2.45) is 0 Å². The van der Waals surface area contributed by atoms with Crippen LogP contribution in [0.25, 0.3) is 0 Å². The van der Waals surface area contributed by atoms with E-state index in [1.807, 2.05) is 56.3 Å². The predicted octanol–water partition coefficient (Wildman–Crippen LogP) is 4.22. The van der Waals surface area contributed by atoms with Crippen LogP contribution < -0.4 is 18.9 Å². The van der Waals surface area contributed by atoms with E-state index >= 15 is 0 Å². The van der Waals surface area contributed by atoms with Crippen molar-refractivity contribution < 1.29 is 23.7 Å². The molecule has 0 radical (unpaired) electrons. The molecule has 0 saturated carbocycles. The Morgan fingerprint density at radius 3 is 2.53 bits per heavy atom. The number of hydrogen-bond acceptors (Lipinski definition) is 5. The molecule has 4 rings (SSSR count). The van der Waals surface area contributed by atoms with Crippen LogP contribution in [0.4, 0.5) is 0 Å². The summed E-state index contributed by atoms with van der Waals surface area (Å²) in [6.07, 6.45) is -0.127. The molecule has 156 valence electrons. The molecule has 0 fully saturated rings. The van der Waals surface area contributed by atoms with Gasteiger partial charge in [-0.3, -0.25) is 4.79 Å². The summed E-state index contributed by atoms with van der Waals surface area (Å²) in [4.78, 5) is 12.8. The Hall–Kier alpha value is -3.41. The van der Waals surface area contributed by atoms with Gasteiger partial charge in [0.25, 0.3) is 0 Å². The second kappa shape index (κ2) is 8.53. The fourth-order valence-corrected chi connectivity index (χ4v) is 3.68. The summed E-state index contributed by atoms with van der Waals surface area (Å²) in [5, 5.41) is 0. The Bertz CT molecular complexity index is 1060. The largest absolute Gasteiger partial charge is 0.493 e. The van der Waals surface area contributed by atoms with Gasteiger partial charge >= 0.3 is 0 Å². The topological polar surface area (TPSA) is 58.9 Å². The minimum atomic E-state index is -0.127. The highest BCUT2D eigenvalue weighted by Gasteiger charge is 2.24. The van der Waals surface area contributed by atoms with Crippen LogP contribution in [0.3, 0.4) is 0 Å². The van der Waals surface area contributed by atoms with Crippen molar-refractivity contribution in [3.05, 3.63) is 71.5 Å². The van der Waals surface area contributed by atoms with Crippen LogP contribution in [0.15, 0.2) is 54.6 Å². The molecule has 3 aromatic rings. The average Bonchev–Trinajstić information content (AvgIpc) is 3.06. The molecular formula is C24H25NO5. The van der Waals surface area contributed by atoms with E-state index < -0.39 is 0 Å². The van der Waals surface area contributed by atoms with Crippen molar-refractivity contribution in [3.8, 4) is 23.0 Å². The smallest absolute Gasteiger partial charge is 0.202 e. The fraction of sp³-hybridized carbons (Fsp3) is 0.292. The summed E-state index contributed by atoms with van der Waals surface area (Å²) >= 11 is 0. The lowest BCUT2D eigenvalue weighted by atomic mass is 10.1. The monoisotopic (exact) mass is 407 g/mol. The molecule has 1 aromatic heterocycles. The van der Waals surface area contributed by atoms with Crippen LogP contribution in [-0.2, 0) is 6.54 Å². The highest BCUT2D eigenvalue weighted by molar-refractivity contribution is 5.98. The van der Waals surface area contributed by atoms with Crippen LogP contribution in [0.2, 0.25) is 0 Å². The quantitative estimate of drug-likeness (QED) is 0.549. The fourth-order valence-electron chi connectivity index (χ4n) is 3.68. The van der Waals surface area contributed by atoms with Crippen molar-refractivity contribution >= 4 is 5.78 Å². The summed E-state index contributed by atoms with van der Waals surface area (Å²) in [7, 11) is 1.58. The second-order valence-electron chi connectivity index (χ2n) is 7.26.